The van der Waals surface area contributed by atoms with Crippen molar-refractivity contribution >= 4 is 21.6 Å². The van der Waals surface area contributed by atoms with Crippen molar-refractivity contribution in [2.75, 3.05) is 0 Å². The summed E-state index contributed by atoms with van der Waals surface area (Å²) in [4.78, 5) is 17.4. The van der Waals surface area contributed by atoms with E-state index < -0.39 is 0 Å². The summed E-state index contributed by atoms with van der Waals surface area (Å²) in [6.07, 6.45) is 1.74. The first-order chi connectivity index (χ1) is 12.7. The smallest absolute Gasteiger partial charge is 0.272 e. The van der Waals surface area contributed by atoms with Gasteiger partial charge in [-0.15, -0.1) is 0 Å². The number of nitrogens with one attached hydrogen (secondary N) is 1. The molecule has 0 saturated heterocycles. The molecular weight excluding hydrogens is 390 g/mol. The van der Waals surface area contributed by atoms with Crippen LogP contribution in [0.4, 0.5) is 0 Å². The Balaban J connectivity index is 2.08. The van der Waals surface area contributed by atoms with Crippen LogP contribution in [0.5, 0.6) is 0 Å². The molecule has 4 aromatic rings. The lowest BCUT2D eigenvalue weighted by Crippen LogP contribution is -2.15. The molecule has 1 N–H and O–H groups in total. The van der Waals surface area contributed by atoms with Crippen molar-refractivity contribution in [3.8, 4) is 22.4 Å². The number of halogens is 1. The second-order valence-electron chi connectivity index (χ2n) is 6.23. The Labute approximate surface area is 159 Å². The van der Waals surface area contributed by atoms with Gasteiger partial charge in [-0.25, -0.2) is 9.50 Å². The molecule has 0 unspecified atom stereocenters. The molecule has 2 aromatic heterocycles. The maximum atomic E-state index is 12.7. The van der Waals surface area contributed by atoms with Crippen LogP contribution in [0.1, 0.15) is 19.0 Å². The molecule has 0 radical (unpaired) electrons. The summed E-state index contributed by atoms with van der Waals surface area (Å²) >= 11 is 3.53. The highest BCUT2D eigenvalue weighted by atomic mass is 79.9. The van der Waals surface area contributed by atoms with Gasteiger partial charge in [-0.2, -0.15) is 0 Å². The largest absolute Gasteiger partial charge is 0.288 e. The topological polar surface area (TPSA) is 50.2 Å². The van der Waals surface area contributed by atoms with E-state index in [-0.39, 0.29) is 5.56 Å². The van der Waals surface area contributed by atoms with Gasteiger partial charge in [-0.1, -0.05) is 71.7 Å². The molecule has 0 spiro atoms. The summed E-state index contributed by atoms with van der Waals surface area (Å²) in [6, 6.07) is 19.7. The molecule has 2 heterocycles. The summed E-state index contributed by atoms with van der Waals surface area (Å²) in [7, 11) is 0. The molecule has 0 aliphatic carbocycles. The van der Waals surface area contributed by atoms with Gasteiger partial charge in [0.2, 0.25) is 0 Å². The SMILES string of the molecule is CCCc1cc(=O)n2[nH]c(-c3cccc(Br)c3)c(-c3ccccc3)c2n1. The molecular formula is C21H18BrN3O. The van der Waals surface area contributed by atoms with Crippen molar-refractivity contribution in [1.82, 2.24) is 14.6 Å². The number of nitrogens with zero attached hydrogens (tertiary/aromatic N) is 2. The van der Waals surface area contributed by atoms with Crippen molar-refractivity contribution in [3.63, 3.8) is 0 Å². The van der Waals surface area contributed by atoms with Gasteiger partial charge in [0.05, 0.1) is 11.3 Å². The Morgan fingerprint density at radius 2 is 1.81 bits per heavy atom. The molecule has 0 bridgehead atoms. The van der Waals surface area contributed by atoms with E-state index in [9.17, 15) is 4.79 Å². The highest BCUT2D eigenvalue weighted by Gasteiger charge is 2.18. The fraction of sp³-hybridized carbons (Fsp3) is 0.143. The van der Waals surface area contributed by atoms with E-state index in [1.165, 1.54) is 4.52 Å². The van der Waals surface area contributed by atoms with Crippen molar-refractivity contribution in [1.29, 1.82) is 0 Å². The van der Waals surface area contributed by atoms with Crippen LogP contribution >= 0.6 is 15.9 Å². The minimum atomic E-state index is -0.0862. The van der Waals surface area contributed by atoms with Gasteiger partial charge >= 0.3 is 0 Å². The zero-order valence-electron chi connectivity index (χ0n) is 14.4. The van der Waals surface area contributed by atoms with Crippen LogP contribution in [0.15, 0.2) is 69.9 Å². The van der Waals surface area contributed by atoms with Crippen LogP contribution in [0.2, 0.25) is 0 Å². The fourth-order valence-corrected chi connectivity index (χ4v) is 3.60. The van der Waals surface area contributed by atoms with Crippen LogP contribution in [-0.2, 0) is 6.42 Å². The van der Waals surface area contributed by atoms with Crippen LogP contribution in [-0.4, -0.2) is 14.6 Å². The molecule has 0 saturated carbocycles. The molecule has 130 valence electrons. The number of rotatable bonds is 4. The zero-order valence-corrected chi connectivity index (χ0v) is 16.0. The van der Waals surface area contributed by atoms with Gasteiger partial charge in [-0.3, -0.25) is 9.89 Å². The average molecular weight is 408 g/mol. The highest BCUT2D eigenvalue weighted by Crippen LogP contribution is 2.34. The molecule has 4 rings (SSSR count). The van der Waals surface area contributed by atoms with Gasteiger partial charge in [0.1, 0.15) is 0 Å². The quantitative estimate of drug-likeness (QED) is 0.513. The second-order valence-corrected chi connectivity index (χ2v) is 7.15. The molecule has 0 fully saturated rings. The van der Waals surface area contributed by atoms with Crippen LogP contribution in [0, 0.1) is 0 Å². The zero-order chi connectivity index (χ0) is 18.1. The van der Waals surface area contributed by atoms with Crippen molar-refractivity contribution < 1.29 is 0 Å². The summed E-state index contributed by atoms with van der Waals surface area (Å²) < 4.78 is 2.53. The van der Waals surface area contributed by atoms with Gasteiger partial charge in [0.25, 0.3) is 5.56 Å². The van der Waals surface area contributed by atoms with Gasteiger partial charge < -0.3 is 0 Å². The van der Waals surface area contributed by atoms with E-state index in [1.807, 2.05) is 54.6 Å². The Hall–Kier alpha value is -2.66. The predicted molar refractivity (Wildman–Crippen MR) is 108 cm³/mol. The minimum Gasteiger partial charge on any atom is -0.288 e. The number of H-pyrrole nitrogens is 1. The van der Waals surface area contributed by atoms with Gasteiger partial charge in [0, 0.05) is 21.8 Å². The summed E-state index contributed by atoms with van der Waals surface area (Å²) in [5, 5.41) is 3.26. The lowest BCUT2D eigenvalue weighted by atomic mass is 10.0. The molecule has 0 atom stereocenters. The summed E-state index contributed by atoms with van der Waals surface area (Å²) in [5.41, 5.74) is 5.27. The Kier molecular flexibility index (Phi) is 4.47. The fourth-order valence-electron chi connectivity index (χ4n) is 3.20. The Bertz CT molecular complexity index is 1130. The van der Waals surface area contributed by atoms with Gasteiger partial charge in [-0.05, 0) is 24.1 Å². The number of aromatic amines is 1. The molecule has 0 aliphatic rings. The third-order valence-corrected chi connectivity index (χ3v) is 4.84. The first kappa shape index (κ1) is 16.8. The van der Waals surface area contributed by atoms with Crippen LogP contribution in [0.25, 0.3) is 28.0 Å². The standard InChI is InChI=1S/C21H18BrN3O/c1-2-7-17-13-18(26)25-21(23-17)19(14-8-4-3-5-9-14)20(24-25)15-10-6-11-16(22)12-15/h3-6,8-13,24H,2,7H2,1H3. The van der Waals surface area contributed by atoms with Crippen LogP contribution < -0.4 is 5.56 Å². The van der Waals surface area contributed by atoms with Crippen molar-refractivity contribution in [2.24, 2.45) is 0 Å². The van der Waals surface area contributed by atoms with E-state index >= 15 is 0 Å². The third-order valence-electron chi connectivity index (χ3n) is 4.35. The number of benzene rings is 2. The number of aromatic nitrogens is 3. The maximum Gasteiger partial charge on any atom is 0.272 e. The Morgan fingerprint density at radius 1 is 1.04 bits per heavy atom. The average Bonchev–Trinajstić information content (AvgIpc) is 3.03. The van der Waals surface area contributed by atoms with Crippen molar-refractivity contribution in [2.45, 2.75) is 19.8 Å². The monoisotopic (exact) mass is 407 g/mol. The van der Waals surface area contributed by atoms with E-state index in [0.717, 1.165) is 45.4 Å². The first-order valence-corrected chi connectivity index (χ1v) is 9.42. The Morgan fingerprint density at radius 3 is 2.54 bits per heavy atom. The van der Waals surface area contributed by atoms with E-state index in [4.69, 9.17) is 4.98 Å². The highest BCUT2D eigenvalue weighted by molar-refractivity contribution is 9.10. The molecule has 2 aromatic carbocycles. The number of aryl methyl sites for hydroxylation is 1. The summed E-state index contributed by atoms with van der Waals surface area (Å²) in [6.45, 7) is 2.09. The lowest BCUT2D eigenvalue weighted by Gasteiger charge is -2.05. The predicted octanol–water partition coefficient (Wildman–Crippen LogP) is 5.07. The summed E-state index contributed by atoms with van der Waals surface area (Å²) in [5.74, 6) is 0. The molecule has 0 aliphatic heterocycles. The second kappa shape index (κ2) is 6.92. The molecule has 4 nitrogen and oxygen atoms in total. The van der Waals surface area contributed by atoms with E-state index in [1.54, 1.807) is 6.07 Å². The molecule has 0 amide bonds. The maximum absolute atomic E-state index is 12.7. The van der Waals surface area contributed by atoms with Crippen molar-refractivity contribution in [3.05, 3.63) is 81.2 Å². The van der Waals surface area contributed by atoms with E-state index in [0.29, 0.717) is 5.65 Å². The molecule has 5 heteroatoms. The minimum absolute atomic E-state index is 0.0862. The number of hydrogen-bond acceptors (Lipinski definition) is 2. The number of fused-ring (bicyclic) bond motifs is 1. The first-order valence-electron chi connectivity index (χ1n) is 8.63. The van der Waals surface area contributed by atoms with Gasteiger partial charge in [0.15, 0.2) is 5.65 Å². The van der Waals surface area contributed by atoms with Crippen LogP contribution in [0.3, 0.4) is 0 Å². The lowest BCUT2D eigenvalue weighted by molar-refractivity contribution is 0.841. The van der Waals surface area contributed by atoms with E-state index in [2.05, 4.69) is 28.0 Å². The third kappa shape index (κ3) is 2.99. The molecule has 26 heavy (non-hydrogen) atoms. The number of hydrogen-bond donors (Lipinski definition) is 1. The normalized spacial score (nSPS) is 11.2.